The third-order valence-electron chi connectivity index (χ3n) is 5.11. The zero-order valence-electron chi connectivity index (χ0n) is 15.5. The quantitative estimate of drug-likeness (QED) is 0.764. The molecule has 28 heavy (non-hydrogen) atoms. The SMILES string of the molecule is COc1ccc([C@H]2C=C3SC(N(C)C)=N[C@H]3C(C#N)(C#N)C2(C#N)C#N)cc1. The summed E-state index contributed by atoms with van der Waals surface area (Å²) in [7, 11) is 5.17. The second-order valence-electron chi connectivity index (χ2n) is 6.69. The van der Waals surface area contributed by atoms with Crippen LogP contribution in [0.2, 0.25) is 0 Å². The number of aliphatic imine (C=N–C) groups is 1. The molecule has 2 atom stereocenters. The van der Waals surface area contributed by atoms with Gasteiger partial charge >= 0.3 is 0 Å². The third kappa shape index (κ3) is 2.43. The summed E-state index contributed by atoms with van der Waals surface area (Å²) in [4.78, 5) is 7.01. The molecule has 0 amide bonds. The molecule has 1 heterocycles. The molecule has 1 aromatic carbocycles. The van der Waals surface area contributed by atoms with Gasteiger partial charge in [0.2, 0.25) is 5.41 Å². The van der Waals surface area contributed by atoms with Gasteiger partial charge in [-0.1, -0.05) is 30.0 Å². The van der Waals surface area contributed by atoms with Crippen molar-refractivity contribution in [1.82, 2.24) is 4.90 Å². The lowest BCUT2D eigenvalue weighted by Crippen LogP contribution is -2.51. The molecule has 0 saturated carbocycles. The number of benzene rings is 1. The van der Waals surface area contributed by atoms with Crippen LogP contribution in [-0.2, 0) is 0 Å². The predicted octanol–water partition coefficient (Wildman–Crippen LogP) is 2.78. The number of methoxy groups -OCH3 is 1. The number of amidine groups is 1. The van der Waals surface area contributed by atoms with Gasteiger partial charge < -0.3 is 9.64 Å². The second-order valence-corrected chi connectivity index (χ2v) is 7.73. The van der Waals surface area contributed by atoms with E-state index in [1.165, 1.54) is 11.8 Å². The number of hydrogen-bond donors (Lipinski definition) is 0. The summed E-state index contributed by atoms with van der Waals surface area (Å²) in [5.74, 6) is -0.131. The molecule has 0 unspecified atom stereocenters. The molecule has 1 aromatic rings. The van der Waals surface area contributed by atoms with Crippen LogP contribution >= 0.6 is 11.8 Å². The largest absolute Gasteiger partial charge is 0.497 e. The molecule has 7 nitrogen and oxygen atoms in total. The van der Waals surface area contributed by atoms with E-state index in [4.69, 9.17) is 4.74 Å². The minimum Gasteiger partial charge on any atom is -0.497 e. The van der Waals surface area contributed by atoms with E-state index >= 15 is 0 Å². The highest BCUT2D eigenvalue weighted by Crippen LogP contribution is 2.60. The molecular weight excluding hydrogens is 372 g/mol. The van der Waals surface area contributed by atoms with Crippen molar-refractivity contribution in [2.45, 2.75) is 12.0 Å². The zero-order chi connectivity index (χ0) is 20.5. The monoisotopic (exact) mass is 388 g/mol. The normalized spacial score (nSPS) is 23.5. The Hall–Kier alpha value is -3.46. The lowest BCUT2D eigenvalue weighted by molar-refractivity contribution is 0.232. The summed E-state index contributed by atoms with van der Waals surface area (Å²) in [6, 6.07) is 14.1. The van der Waals surface area contributed by atoms with Crippen LogP contribution in [-0.4, -0.2) is 37.3 Å². The van der Waals surface area contributed by atoms with Crippen molar-refractivity contribution >= 4 is 16.9 Å². The van der Waals surface area contributed by atoms with Gasteiger partial charge in [0.15, 0.2) is 10.6 Å². The fourth-order valence-corrected chi connectivity index (χ4v) is 4.67. The second kappa shape index (κ2) is 6.93. The summed E-state index contributed by atoms with van der Waals surface area (Å²) in [5, 5.41) is 40.9. The van der Waals surface area contributed by atoms with Gasteiger partial charge in [-0.15, -0.1) is 0 Å². The maximum atomic E-state index is 10.1. The van der Waals surface area contributed by atoms with Gasteiger partial charge in [0, 0.05) is 24.9 Å². The van der Waals surface area contributed by atoms with E-state index in [9.17, 15) is 21.0 Å². The molecule has 2 aliphatic rings. The van der Waals surface area contributed by atoms with Gasteiger partial charge in [-0.05, 0) is 17.7 Å². The van der Waals surface area contributed by atoms with Crippen LogP contribution in [0.15, 0.2) is 40.2 Å². The summed E-state index contributed by atoms with van der Waals surface area (Å²) in [6.07, 6.45) is 1.80. The van der Waals surface area contributed by atoms with Crippen molar-refractivity contribution < 1.29 is 4.74 Å². The summed E-state index contributed by atoms with van der Waals surface area (Å²) in [6.45, 7) is 0. The zero-order valence-corrected chi connectivity index (χ0v) is 16.4. The van der Waals surface area contributed by atoms with E-state index < -0.39 is 22.8 Å². The lowest BCUT2D eigenvalue weighted by Gasteiger charge is -2.42. The highest BCUT2D eigenvalue weighted by molar-refractivity contribution is 8.17. The number of nitriles is 4. The predicted molar refractivity (Wildman–Crippen MR) is 104 cm³/mol. The van der Waals surface area contributed by atoms with Crippen LogP contribution in [0.3, 0.4) is 0 Å². The first-order valence-electron chi connectivity index (χ1n) is 8.36. The van der Waals surface area contributed by atoms with E-state index in [0.717, 1.165) is 0 Å². The van der Waals surface area contributed by atoms with E-state index in [2.05, 4.69) is 4.99 Å². The van der Waals surface area contributed by atoms with Crippen molar-refractivity contribution in [2.75, 3.05) is 21.2 Å². The topological polar surface area (TPSA) is 120 Å². The molecule has 138 valence electrons. The fourth-order valence-electron chi connectivity index (χ4n) is 3.58. The fraction of sp³-hybridized carbons (Fsp3) is 0.350. The number of hydrogen-bond acceptors (Lipinski definition) is 8. The van der Waals surface area contributed by atoms with Crippen LogP contribution in [0.25, 0.3) is 0 Å². The molecule has 0 bridgehead atoms. The van der Waals surface area contributed by atoms with Crippen LogP contribution in [0.5, 0.6) is 5.75 Å². The number of rotatable bonds is 2. The highest BCUT2D eigenvalue weighted by atomic mass is 32.2. The molecule has 1 aliphatic heterocycles. The van der Waals surface area contributed by atoms with Crippen LogP contribution in [0.1, 0.15) is 11.5 Å². The minimum absolute atomic E-state index is 0.630. The third-order valence-corrected chi connectivity index (χ3v) is 6.36. The van der Waals surface area contributed by atoms with Gasteiger partial charge in [-0.2, -0.15) is 21.0 Å². The maximum Gasteiger partial charge on any atom is 0.203 e. The van der Waals surface area contributed by atoms with Crippen molar-refractivity contribution in [3.63, 3.8) is 0 Å². The van der Waals surface area contributed by atoms with E-state index in [1.807, 2.05) is 38.4 Å². The van der Waals surface area contributed by atoms with Crippen molar-refractivity contribution in [3.8, 4) is 30.0 Å². The van der Waals surface area contributed by atoms with Crippen LogP contribution < -0.4 is 4.74 Å². The average molecular weight is 388 g/mol. The lowest BCUT2D eigenvalue weighted by atomic mass is 9.53. The smallest absolute Gasteiger partial charge is 0.203 e. The molecule has 0 N–H and O–H groups in total. The Morgan fingerprint density at radius 1 is 1.00 bits per heavy atom. The number of nitrogens with zero attached hydrogens (tertiary/aromatic N) is 6. The number of ether oxygens (including phenoxy) is 1. The number of allylic oxidation sites excluding steroid dienone is 1. The van der Waals surface area contributed by atoms with Crippen molar-refractivity contribution in [3.05, 3.63) is 40.8 Å². The molecule has 3 rings (SSSR count). The van der Waals surface area contributed by atoms with Crippen LogP contribution in [0, 0.1) is 56.2 Å². The number of thioether (sulfide) groups is 1. The van der Waals surface area contributed by atoms with Gasteiger partial charge in [-0.25, -0.2) is 0 Å². The van der Waals surface area contributed by atoms with Crippen molar-refractivity contribution in [1.29, 1.82) is 21.0 Å². The van der Waals surface area contributed by atoms with Gasteiger partial charge in [0.05, 0.1) is 31.4 Å². The Kier molecular flexibility index (Phi) is 4.78. The maximum absolute atomic E-state index is 10.1. The molecule has 0 fully saturated rings. The first-order valence-corrected chi connectivity index (χ1v) is 9.18. The first kappa shape index (κ1) is 19.3. The molecule has 1 aliphatic carbocycles. The van der Waals surface area contributed by atoms with Gasteiger partial charge in [-0.3, -0.25) is 4.99 Å². The van der Waals surface area contributed by atoms with Gasteiger partial charge in [0.25, 0.3) is 0 Å². The van der Waals surface area contributed by atoms with Crippen LogP contribution in [0.4, 0.5) is 0 Å². The summed E-state index contributed by atoms with van der Waals surface area (Å²) < 4.78 is 5.18. The van der Waals surface area contributed by atoms with Gasteiger partial charge in [0.1, 0.15) is 11.8 Å². The molecule has 0 aromatic heterocycles. The first-order chi connectivity index (χ1) is 13.4. The van der Waals surface area contributed by atoms with E-state index in [-0.39, 0.29) is 0 Å². The highest BCUT2D eigenvalue weighted by Gasteiger charge is 2.67. The molecule has 0 saturated heterocycles. The van der Waals surface area contributed by atoms with Crippen molar-refractivity contribution in [2.24, 2.45) is 15.8 Å². The molecule has 8 heteroatoms. The molecular formula is C20H16N6OS. The molecule has 0 spiro atoms. The molecule has 0 radical (unpaired) electrons. The Morgan fingerprint density at radius 3 is 2.04 bits per heavy atom. The van der Waals surface area contributed by atoms with E-state index in [1.54, 1.807) is 42.4 Å². The Bertz CT molecular complexity index is 1000. The standard InChI is InChI=1S/C20H16N6OS/c1-26(2)18-25-17-16(28-18)8-15(13-4-6-14(27-3)7-5-13)19(9-21,10-22)20(17,11-23)12-24/h4-8,15,17H,1-3H3/t15-,17-/m1/s1. The Labute approximate surface area is 167 Å². The average Bonchev–Trinajstić information content (AvgIpc) is 3.17. The minimum atomic E-state index is -1.93. The number of fused-ring (bicyclic) bond motifs is 1. The Morgan fingerprint density at radius 2 is 1.57 bits per heavy atom. The summed E-state index contributed by atoms with van der Waals surface area (Å²) in [5.41, 5.74) is -3.19. The summed E-state index contributed by atoms with van der Waals surface area (Å²) >= 11 is 1.35. The Balaban J connectivity index is 2.29. The van der Waals surface area contributed by atoms with E-state index in [0.29, 0.717) is 21.4 Å².